The lowest BCUT2D eigenvalue weighted by Crippen LogP contribution is -2.37. The molecular weight excluding hydrogens is 461 g/mol. The van der Waals surface area contributed by atoms with Crippen LogP contribution in [0.4, 0.5) is 4.39 Å². The van der Waals surface area contributed by atoms with Gasteiger partial charge in [0.15, 0.2) is 0 Å². The third kappa shape index (κ3) is 4.11. The molecule has 2 aromatic heterocycles. The van der Waals surface area contributed by atoms with E-state index in [2.05, 4.69) is 27.6 Å². The van der Waals surface area contributed by atoms with Crippen molar-refractivity contribution in [2.75, 3.05) is 6.54 Å². The van der Waals surface area contributed by atoms with Gasteiger partial charge in [0.05, 0.1) is 24.0 Å². The number of aliphatic carboxylic acids is 1. The largest absolute Gasteiger partial charge is 0.481 e. The van der Waals surface area contributed by atoms with Crippen LogP contribution in [0.3, 0.4) is 0 Å². The van der Waals surface area contributed by atoms with E-state index in [0.29, 0.717) is 11.7 Å². The summed E-state index contributed by atoms with van der Waals surface area (Å²) in [7, 11) is 0. The lowest BCUT2D eigenvalue weighted by atomic mass is 9.75. The molecule has 1 atom stereocenters. The molecule has 2 aliphatic rings. The van der Waals surface area contributed by atoms with E-state index in [1.165, 1.54) is 17.2 Å². The number of furan rings is 1. The Morgan fingerprint density at radius 1 is 1.17 bits per heavy atom. The number of carboxylic acid groups (broad SMARTS) is 1. The van der Waals surface area contributed by atoms with Gasteiger partial charge in [0.25, 0.3) is 5.89 Å². The van der Waals surface area contributed by atoms with Crippen LogP contribution in [0.25, 0.3) is 34.0 Å². The first-order chi connectivity index (χ1) is 17.5. The second-order valence-corrected chi connectivity index (χ2v) is 9.87. The van der Waals surface area contributed by atoms with Crippen LogP contribution < -0.4 is 5.32 Å². The van der Waals surface area contributed by atoms with Gasteiger partial charge in [-0.2, -0.15) is 4.98 Å². The quantitative estimate of drug-likeness (QED) is 0.340. The number of nitrogens with one attached hydrogen (secondary N) is 1. The zero-order valence-corrected chi connectivity index (χ0v) is 19.8. The minimum atomic E-state index is -0.682. The second-order valence-electron chi connectivity index (χ2n) is 9.87. The highest BCUT2D eigenvalue weighted by molar-refractivity contribution is 5.72. The fourth-order valence-electron chi connectivity index (χ4n) is 5.41. The first-order valence-electron chi connectivity index (χ1n) is 12.2. The van der Waals surface area contributed by atoms with Crippen LogP contribution in [0.2, 0.25) is 0 Å². The summed E-state index contributed by atoms with van der Waals surface area (Å²) < 4.78 is 25.5. The van der Waals surface area contributed by atoms with Crippen molar-refractivity contribution in [2.24, 2.45) is 11.8 Å². The SMILES string of the molecule is Cc1cc(-c2nc(-c3ccc4c(c3)CCC4NCC3CC(C(=O)O)C3)no2)c(F)cc1-c1ccoc1. The fraction of sp³-hybridized carbons (Fsp3) is 0.321. The average Bonchev–Trinajstić information content (AvgIpc) is 3.60. The first-order valence-corrected chi connectivity index (χ1v) is 12.2. The third-order valence-electron chi connectivity index (χ3n) is 7.52. The zero-order chi connectivity index (χ0) is 24.8. The average molecular weight is 488 g/mol. The third-order valence-corrected chi connectivity index (χ3v) is 7.52. The van der Waals surface area contributed by atoms with Crippen LogP contribution in [0.15, 0.2) is 57.9 Å². The van der Waals surface area contributed by atoms with Crippen LogP contribution in [0.5, 0.6) is 0 Å². The highest BCUT2D eigenvalue weighted by Crippen LogP contribution is 2.37. The molecule has 0 aliphatic heterocycles. The Balaban J connectivity index is 1.17. The van der Waals surface area contributed by atoms with Crippen molar-refractivity contribution in [1.29, 1.82) is 0 Å². The molecule has 0 radical (unpaired) electrons. The van der Waals surface area contributed by atoms with Gasteiger partial charge in [0.2, 0.25) is 5.82 Å². The molecule has 2 heterocycles. The molecule has 4 aromatic rings. The topological polar surface area (TPSA) is 101 Å². The van der Waals surface area contributed by atoms with Crippen molar-refractivity contribution in [3.05, 3.63) is 71.4 Å². The van der Waals surface area contributed by atoms with Crippen molar-refractivity contribution < 1.29 is 23.2 Å². The van der Waals surface area contributed by atoms with Crippen LogP contribution in [0.1, 0.15) is 42.0 Å². The number of hydrogen-bond donors (Lipinski definition) is 2. The van der Waals surface area contributed by atoms with Crippen LogP contribution in [-0.2, 0) is 11.2 Å². The van der Waals surface area contributed by atoms with E-state index in [9.17, 15) is 9.18 Å². The summed E-state index contributed by atoms with van der Waals surface area (Å²) in [5.74, 6) is -0.291. The zero-order valence-electron chi connectivity index (χ0n) is 19.8. The monoisotopic (exact) mass is 487 g/mol. The van der Waals surface area contributed by atoms with E-state index >= 15 is 0 Å². The first kappa shape index (κ1) is 22.7. The van der Waals surface area contributed by atoms with E-state index in [0.717, 1.165) is 54.5 Å². The number of benzene rings is 2. The smallest absolute Gasteiger partial charge is 0.306 e. The molecule has 7 nitrogen and oxygen atoms in total. The predicted molar refractivity (Wildman–Crippen MR) is 130 cm³/mol. The molecule has 0 spiro atoms. The normalized spacial score (nSPS) is 20.8. The Bertz CT molecular complexity index is 1420. The van der Waals surface area contributed by atoms with Crippen molar-refractivity contribution in [3.8, 4) is 34.0 Å². The van der Waals surface area contributed by atoms with Gasteiger partial charge in [-0.05, 0) is 91.6 Å². The molecule has 1 unspecified atom stereocenters. The van der Waals surface area contributed by atoms with E-state index in [1.54, 1.807) is 24.7 Å². The summed E-state index contributed by atoms with van der Waals surface area (Å²) in [6.45, 7) is 2.75. The van der Waals surface area contributed by atoms with E-state index < -0.39 is 11.8 Å². The molecule has 2 N–H and O–H groups in total. The summed E-state index contributed by atoms with van der Waals surface area (Å²) >= 11 is 0. The number of aromatic nitrogens is 2. The maximum atomic E-state index is 15.0. The number of aryl methyl sites for hydroxylation is 2. The van der Waals surface area contributed by atoms with Gasteiger partial charge in [-0.3, -0.25) is 4.79 Å². The fourth-order valence-corrected chi connectivity index (χ4v) is 5.41. The number of nitrogens with zero attached hydrogens (tertiary/aromatic N) is 2. The summed E-state index contributed by atoms with van der Waals surface area (Å²) in [6, 6.07) is 11.4. The lowest BCUT2D eigenvalue weighted by Gasteiger charge is -2.33. The molecule has 0 amide bonds. The molecule has 0 bridgehead atoms. The van der Waals surface area contributed by atoms with Gasteiger partial charge < -0.3 is 19.4 Å². The molecule has 0 saturated heterocycles. The number of carboxylic acids is 1. The maximum Gasteiger partial charge on any atom is 0.306 e. The molecule has 1 saturated carbocycles. The van der Waals surface area contributed by atoms with Gasteiger partial charge in [0.1, 0.15) is 5.82 Å². The van der Waals surface area contributed by atoms with Gasteiger partial charge in [0, 0.05) is 17.2 Å². The van der Waals surface area contributed by atoms with Gasteiger partial charge in [-0.25, -0.2) is 4.39 Å². The van der Waals surface area contributed by atoms with E-state index in [1.807, 2.05) is 13.0 Å². The van der Waals surface area contributed by atoms with Crippen molar-refractivity contribution >= 4 is 5.97 Å². The van der Waals surface area contributed by atoms with Crippen molar-refractivity contribution in [2.45, 2.75) is 38.6 Å². The molecular formula is C28H26FN3O4. The number of fused-ring (bicyclic) bond motifs is 1. The van der Waals surface area contributed by atoms with Gasteiger partial charge in [-0.1, -0.05) is 17.3 Å². The van der Waals surface area contributed by atoms with E-state index in [4.69, 9.17) is 14.0 Å². The Kier molecular flexibility index (Phi) is 5.68. The highest BCUT2D eigenvalue weighted by atomic mass is 19.1. The molecule has 1 fully saturated rings. The predicted octanol–water partition coefficient (Wildman–Crippen LogP) is 5.80. The summed E-state index contributed by atoms with van der Waals surface area (Å²) in [4.78, 5) is 15.5. The van der Waals surface area contributed by atoms with Crippen molar-refractivity contribution in [3.63, 3.8) is 0 Å². The minimum Gasteiger partial charge on any atom is -0.481 e. The molecule has 184 valence electrons. The summed E-state index contributed by atoms with van der Waals surface area (Å²) in [5.41, 5.74) is 6.04. The summed E-state index contributed by atoms with van der Waals surface area (Å²) in [6.07, 6.45) is 6.60. The number of rotatable bonds is 7. The Labute approximate surface area is 207 Å². The second kappa shape index (κ2) is 9.02. The summed E-state index contributed by atoms with van der Waals surface area (Å²) in [5, 5.41) is 16.8. The minimum absolute atomic E-state index is 0.143. The highest BCUT2D eigenvalue weighted by Gasteiger charge is 2.35. The van der Waals surface area contributed by atoms with Crippen LogP contribution in [-0.4, -0.2) is 27.8 Å². The Hall–Kier alpha value is -3.78. The maximum absolute atomic E-state index is 15.0. The number of carbonyl (C=O) groups is 1. The number of halogens is 1. The molecule has 6 rings (SSSR count). The van der Waals surface area contributed by atoms with Crippen LogP contribution >= 0.6 is 0 Å². The van der Waals surface area contributed by atoms with Crippen LogP contribution in [0, 0.1) is 24.6 Å². The Morgan fingerprint density at radius 3 is 2.81 bits per heavy atom. The van der Waals surface area contributed by atoms with Crippen molar-refractivity contribution in [1.82, 2.24) is 15.5 Å². The van der Waals surface area contributed by atoms with E-state index in [-0.39, 0.29) is 23.4 Å². The lowest BCUT2D eigenvalue weighted by molar-refractivity contribution is -0.146. The standard InChI is InChI=1S/C28H26FN3O4/c1-15-8-23(24(29)12-22(15)19-6-7-35-14-19)27-31-26(32-36-27)18-2-4-21-17(11-18)3-5-25(21)30-13-16-9-20(10-16)28(33)34/h2,4,6-8,11-12,14,16,20,25,30H,3,5,9-10,13H2,1H3,(H,33,34). The van der Waals surface area contributed by atoms with Gasteiger partial charge >= 0.3 is 5.97 Å². The molecule has 36 heavy (non-hydrogen) atoms. The molecule has 2 aromatic carbocycles. The Morgan fingerprint density at radius 2 is 2.03 bits per heavy atom. The molecule has 2 aliphatic carbocycles. The van der Waals surface area contributed by atoms with Gasteiger partial charge in [-0.15, -0.1) is 0 Å². The number of hydrogen-bond acceptors (Lipinski definition) is 6. The molecule has 8 heteroatoms.